The minimum absolute atomic E-state index is 0.212. The topological polar surface area (TPSA) is 78.9 Å². The van der Waals surface area contributed by atoms with Crippen molar-refractivity contribution >= 4 is 15.8 Å². The second kappa shape index (κ2) is 16.3. The van der Waals surface area contributed by atoms with E-state index in [4.69, 9.17) is 9.47 Å². The molecule has 0 aromatic heterocycles. The van der Waals surface area contributed by atoms with Crippen LogP contribution < -0.4 is 4.74 Å². The molecule has 2 aromatic carbocycles. The first kappa shape index (κ1) is 29.8. The lowest BCUT2D eigenvalue weighted by Crippen LogP contribution is -2.24. The van der Waals surface area contributed by atoms with Gasteiger partial charge in [0.15, 0.2) is 0 Å². The molecule has 0 radical (unpaired) electrons. The molecule has 2 aromatic rings. The molecule has 0 aliphatic heterocycles. The Morgan fingerprint density at radius 2 is 1.56 bits per heavy atom. The van der Waals surface area contributed by atoms with Gasteiger partial charge in [0.1, 0.15) is 28.0 Å². The van der Waals surface area contributed by atoms with E-state index in [0.29, 0.717) is 51.1 Å². The Labute approximate surface area is 215 Å². The summed E-state index contributed by atoms with van der Waals surface area (Å²) in [5, 5.41) is -0.397. The third-order valence-electron chi connectivity index (χ3n) is 6.12. The highest BCUT2D eigenvalue weighted by molar-refractivity contribution is 7.91. The van der Waals surface area contributed by atoms with Crippen molar-refractivity contribution in [3.63, 3.8) is 0 Å². The molecule has 0 spiro atoms. The molecule has 0 saturated carbocycles. The number of rotatable bonds is 18. The first-order valence-corrected chi connectivity index (χ1v) is 14.5. The highest BCUT2D eigenvalue weighted by Crippen LogP contribution is 2.20. The van der Waals surface area contributed by atoms with Gasteiger partial charge in [-0.3, -0.25) is 4.79 Å². The summed E-state index contributed by atoms with van der Waals surface area (Å²) in [7, 11) is -1.79. The molecule has 0 aliphatic carbocycles. The second-order valence-electron chi connectivity index (χ2n) is 9.09. The van der Waals surface area contributed by atoms with E-state index < -0.39 is 15.1 Å². The molecule has 36 heavy (non-hydrogen) atoms. The van der Waals surface area contributed by atoms with Crippen LogP contribution in [0.5, 0.6) is 5.75 Å². The molecule has 0 N–H and O–H groups in total. The van der Waals surface area contributed by atoms with E-state index >= 15 is 0 Å². The van der Waals surface area contributed by atoms with Crippen LogP contribution in [-0.4, -0.2) is 45.7 Å². The fourth-order valence-corrected chi connectivity index (χ4v) is 5.16. The molecule has 0 saturated heterocycles. The van der Waals surface area contributed by atoms with Crippen LogP contribution in [0.2, 0.25) is 0 Å². The van der Waals surface area contributed by atoms with Crippen LogP contribution in [0.1, 0.15) is 63.4 Å². The number of methoxy groups -OCH3 is 1. The van der Waals surface area contributed by atoms with E-state index in [-0.39, 0.29) is 17.9 Å². The molecule has 2 atom stereocenters. The van der Waals surface area contributed by atoms with Crippen molar-refractivity contribution in [2.75, 3.05) is 20.0 Å². The monoisotopic (exact) mass is 522 g/mol. The fourth-order valence-electron chi connectivity index (χ4n) is 3.97. The summed E-state index contributed by atoms with van der Waals surface area (Å²) >= 11 is 0. The number of esters is 1. The number of unbranched alkanes of at least 4 members (excludes halogenated alkanes) is 3. The number of halogens is 1. The molecule has 0 amide bonds. The lowest BCUT2D eigenvalue weighted by Gasteiger charge is -2.20. The van der Waals surface area contributed by atoms with Crippen LogP contribution in [-0.2, 0) is 30.7 Å². The van der Waals surface area contributed by atoms with Gasteiger partial charge >= 0.3 is 5.97 Å². The summed E-state index contributed by atoms with van der Waals surface area (Å²) < 4.78 is 54.5. The van der Waals surface area contributed by atoms with E-state index in [9.17, 15) is 17.6 Å². The molecule has 2 unspecified atom stereocenters. The summed E-state index contributed by atoms with van der Waals surface area (Å²) in [5.41, 5.74) is 1.05. The Morgan fingerprint density at radius 3 is 2.22 bits per heavy atom. The van der Waals surface area contributed by atoms with Crippen molar-refractivity contribution in [3.05, 3.63) is 66.0 Å². The van der Waals surface area contributed by atoms with E-state index in [2.05, 4.69) is 4.74 Å². The quantitative estimate of drug-likeness (QED) is 0.180. The predicted octanol–water partition coefficient (Wildman–Crippen LogP) is 5.89. The van der Waals surface area contributed by atoms with Gasteiger partial charge in [0, 0.05) is 12.7 Å². The Balaban J connectivity index is 1.84. The van der Waals surface area contributed by atoms with Crippen LogP contribution in [0.3, 0.4) is 0 Å². The van der Waals surface area contributed by atoms with Crippen LogP contribution in [0, 0.1) is 5.82 Å². The van der Waals surface area contributed by atoms with Gasteiger partial charge in [-0.05, 0) is 61.9 Å². The molecule has 0 bridgehead atoms. The van der Waals surface area contributed by atoms with Gasteiger partial charge in [0.25, 0.3) is 0 Å². The Hall–Kier alpha value is -2.45. The standard InChI is InChI=1S/C28H39FO6S/c1-33-28(30)16-9-4-3-8-14-27(36(2,31)32)15-10-13-26(34-21-23-11-6-5-7-12-23)22-35-25-19-17-24(29)18-20-25/h5-7,11-12,17-20,26-27H,3-4,8-10,13-16,21-22H2,1-2H3. The number of hydrogen-bond donors (Lipinski definition) is 0. The van der Waals surface area contributed by atoms with Gasteiger partial charge in [-0.25, -0.2) is 12.8 Å². The molecule has 0 heterocycles. The maximum absolute atomic E-state index is 13.2. The van der Waals surface area contributed by atoms with Crippen molar-refractivity contribution in [3.8, 4) is 5.75 Å². The molecule has 0 fully saturated rings. The van der Waals surface area contributed by atoms with Gasteiger partial charge in [0.05, 0.1) is 25.1 Å². The number of ether oxygens (including phenoxy) is 3. The van der Waals surface area contributed by atoms with Crippen LogP contribution in [0.4, 0.5) is 4.39 Å². The van der Waals surface area contributed by atoms with Crippen LogP contribution in [0.15, 0.2) is 54.6 Å². The Morgan fingerprint density at radius 1 is 0.889 bits per heavy atom. The highest BCUT2D eigenvalue weighted by atomic mass is 32.2. The van der Waals surface area contributed by atoms with Gasteiger partial charge < -0.3 is 14.2 Å². The Kier molecular flexibility index (Phi) is 13.5. The van der Waals surface area contributed by atoms with E-state index in [1.165, 1.54) is 25.5 Å². The predicted molar refractivity (Wildman–Crippen MR) is 139 cm³/mol. The lowest BCUT2D eigenvalue weighted by molar-refractivity contribution is -0.140. The largest absolute Gasteiger partial charge is 0.491 e. The molecular formula is C28H39FO6S. The zero-order valence-electron chi connectivity index (χ0n) is 21.4. The maximum Gasteiger partial charge on any atom is 0.305 e. The molecular weight excluding hydrogens is 483 g/mol. The van der Waals surface area contributed by atoms with Crippen molar-refractivity contribution in [2.45, 2.75) is 75.7 Å². The number of hydrogen-bond acceptors (Lipinski definition) is 6. The highest BCUT2D eigenvalue weighted by Gasteiger charge is 2.21. The summed E-state index contributed by atoms with van der Waals surface area (Å²) in [6.45, 7) is 0.724. The van der Waals surface area contributed by atoms with Gasteiger partial charge in [0.2, 0.25) is 0 Å². The van der Waals surface area contributed by atoms with Gasteiger partial charge in [-0.2, -0.15) is 0 Å². The molecule has 0 aliphatic rings. The molecule has 6 nitrogen and oxygen atoms in total. The van der Waals surface area contributed by atoms with Crippen molar-refractivity contribution in [2.24, 2.45) is 0 Å². The normalized spacial score (nSPS) is 13.2. The minimum atomic E-state index is -3.17. The summed E-state index contributed by atoms with van der Waals surface area (Å²) in [6.07, 6.45) is 7.30. The van der Waals surface area contributed by atoms with Crippen LogP contribution >= 0.6 is 0 Å². The van der Waals surface area contributed by atoms with E-state index in [1.807, 2.05) is 30.3 Å². The average molecular weight is 523 g/mol. The summed E-state index contributed by atoms with van der Waals surface area (Å²) in [4.78, 5) is 11.2. The zero-order chi connectivity index (χ0) is 26.2. The van der Waals surface area contributed by atoms with Crippen molar-refractivity contribution in [1.82, 2.24) is 0 Å². The minimum Gasteiger partial charge on any atom is -0.491 e. The van der Waals surface area contributed by atoms with Crippen molar-refractivity contribution < 1.29 is 31.8 Å². The third kappa shape index (κ3) is 12.5. The second-order valence-corrected chi connectivity index (χ2v) is 11.4. The van der Waals surface area contributed by atoms with E-state index in [0.717, 1.165) is 31.2 Å². The fraction of sp³-hybridized carbons (Fsp3) is 0.536. The van der Waals surface area contributed by atoms with Gasteiger partial charge in [-0.1, -0.05) is 49.6 Å². The molecule has 2 rings (SSSR count). The number of carbonyl (C=O) groups is 1. The van der Waals surface area contributed by atoms with Crippen LogP contribution in [0.25, 0.3) is 0 Å². The number of carbonyl (C=O) groups excluding carboxylic acids is 1. The lowest BCUT2D eigenvalue weighted by atomic mass is 10.0. The Bertz CT molecular complexity index is 979. The number of sulfone groups is 1. The number of benzene rings is 2. The zero-order valence-corrected chi connectivity index (χ0v) is 22.2. The smallest absolute Gasteiger partial charge is 0.305 e. The van der Waals surface area contributed by atoms with Gasteiger partial charge in [-0.15, -0.1) is 0 Å². The maximum atomic E-state index is 13.2. The first-order chi connectivity index (χ1) is 17.3. The molecule has 8 heteroatoms. The third-order valence-corrected chi connectivity index (χ3v) is 7.80. The van der Waals surface area contributed by atoms with Crippen molar-refractivity contribution in [1.29, 1.82) is 0 Å². The first-order valence-electron chi connectivity index (χ1n) is 12.6. The SMILES string of the molecule is COC(=O)CCCCCCC(CCCC(COc1ccc(F)cc1)OCc1ccccc1)S(C)(=O)=O. The van der Waals surface area contributed by atoms with E-state index in [1.54, 1.807) is 12.1 Å². The summed E-state index contributed by atoms with van der Waals surface area (Å²) in [6, 6.07) is 15.7. The molecule has 200 valence electrons. The average Bonchev–Trinajstić information content (AvgIpc) is 2.86. The summed E-state index contributed by atoms with van der Waals surface area (Å²) in [5.74, 6) is 0.0249.